The molecule has 1 heterocycles. The van der Waals surface area contributed by atoms with Crippen molar-refractivity contribution in [2.75, 3.05) is 4.72 Å². The van der Waals surface area contributed by atoms with Gasteiger partial charge in [0.05, 0.1) is 21.0 Å². The van der Waals surface area contributed by atoms with E-state index in [1.165, 1.54) is 12.1 Å². The van der Waals surface area contributed by atoms with Crippen LogP contribution in [0, 0.1) is 10.1 Å². The van der Waals surface area contributed by atoms with Gasteiger partial charge >= 0.3 is 0 Å². The lowest BCUT2D eigenvalue weighted by atomic mass is 10.3. The van der Waals surface area contributed by atoms with Crippen LogP contribution in [0.3, 0.4) is 0 Å². The molecule has 14 heteroatoms. The van der Waals surface area contributed by atoms with Crippen molar-refractivity contribution in [3.8, 4) is 0 Å². The van der Waals surface area contributed by atoms with E-state index < -0.39 is 24.8 Å². The number of hydrogen-bond acceptors (Lipinski definition) is 8. The summed E-state index contributed by atoms with van der Waals surface area (Å²) >= 11 is 12.3. The van der Waals surface area contributed by atoms with Gasteiger partial charge in [-0.05, 0) is 30.3 Å². The topological polar surface area (TPSA) is 136 Å². The highest BCUT2D eigenvalue weighted by Gasteiger charge is 2.25. The fourth-order valence-corrected chi connectivity index (χ4v) is 6.59. The molecule has 0 aliphatic rings. The first-order chi connectivity index (χ1) is 13.5. The van der Waals surface area contributed by atoms with Gasteiger partial charge in [0.15, 0.2) is 5.13 Å². The molecular weight excluding hydrogens is 485 g/mol. The molecule has 1 N–H and O–H groups in total. The van der Waals surface area contributed by atoms with Crippen molar-refractivity contribution in [1.29, 1.82) is 0 Å². The Hall–Kier alpha value is -2.25. The quantitative estimate of drug-likeness (QED) is 0.404. The number of nitrogens with zero attached hydrogens (tertiary/aromatic N) is 2. The molecule has 0 radical (unpaired) electrons. The number of thiazole rings is 1. The number of sulfone groups is 1. The lowest BCUT2D eigenvalue weighted by molar-refractivity contribution is -0.384. The number of nitrogens with one attached hydrogen (secondary N) is 1. The van der Waals surface area contributed by atoms with Crippen molar-refractivity contribution in [2.45, 2.75) is 14.0 Å². The molecule has 0 saturated carbocycles. The molecule has 0 aliphatic heterocycles. The molecule has 3 rings (SSSR count). The Kier molecular flexibility index (Phi) is 5.83. The van der Waals surface area contributed by atoms with Crippen molar-refractivity contribution < 1.29 is 21.8 Å². The second-order valence-electron chi connectivity index (χ2n) is 5.42. The second-order valence-corrected chi connectivity index (χ2v) is 11.1. The van der Waals surface area contributed by atoms with Crippen LogP contribution in [0.25, 0.3) is 0 Å². The van der Waals surface area contributed by atoms with E-state index in [0.717, 1.165) is 36.5 Å². The first-order valence-corrected chi connectivity index (χ1v) is 12.0. The van der Waals surface area contributed by atoms with Crippen LogP contribution >= 0.6 is 34.5 Å². The highest BCUT2D eigenvalue weighted by molar-refractivity contribution is 7.94. The molecule has 0 aliphatic carbocycles. The maximum atomic E-state index is 12.6. The highest BCUT2D eigenvalue weighted by atomic mass is 35.5. The summed E-state index contributed by atoms with van der Waals surface area (Å²) in [5.41, 5.74) is -0.264. The standard InChI is InChI=1S/C15H9Cl2N3O6S3/c16-9-1-6-12(17)13(7-9)29(25,26)19-15-18-8-14(27-15)28(23,24)11-4-2-10(3-5-11)20(21)22/h1-8H,(H,18,19). The van der Waals surface area contributed by atoms with Gasteiger partial charge in [0.25, 0.3) is 15.7 Å². The number of nitro groups is 1. The van der Waals surface area contributed by atoms with Crippen molar-refractivity contribution in [1.82, 2.24) is 4.98 Å². The summed E-state index contributed by atoms with van der Waals surface area (Å²) in [5, 5.41) is 10.6. The molecule has 152 valence electrons. The second kappa shape index (κ2) is 7.88. The Bertz CT molecular complexity index is 1310. The van der Waals surface area contributed by atoms with Crippen LogP contribution < -0.4 is 4.72 Å². The summed E-state index contributed by atoms with van der Waals surface area (Å²) in [4.78, 5) is 13.3. The van der Waals surface area contributed by atoms with Gasteiger partial charge < -0.3 is 0 Å². The Morgan fingerprint density at radius 3 is 2.31 bits per heavy atom. The van der Waals surface area contributed by atoms with Crippen LogP contribution in [0.15, 0.2) is 62.7 Å². The lowest BCUT2D eigenvalue weighted by Gasteiger charge is -2.07. The van der Waals surface area contributed by atoms with Gasteiger partial charge in [-0.15, -0.1) is 0 Å². The number of benzene rings is 2. The number of halogens is 2. The molecule has 0 bridgehead atoms. The third-order valence-corrected chi connectivity index (χ3v) is 8.84. The number of aromatic nitrogens is 1. The molecular formula is C15H9Cl2N3O6S3. The van der Waals surface area contributed by atoms with E-state index in [-0.39, 0.29) is 34.9 Å². The Morgan fingerprint density at radius 2 is 1.69 bits per heavy atom. The van der Waals surface area contributed by atoms with E-state index in [1.54, 1.807) is 0 Å². The van der Waals surface area contributed by atoms with Gasteiger partial charge in [0, 0.05) is 17.2 Å². The van der Waals surface area contributed by atoms with Crippen LogP contribution in [0.2, 0.25) is 10.0 Å². The summed E-state index contributed by atoms with van der Waals surface area (Å²) in [7, 11) is -8.21. The van der Waals surface area contributed by atoms with Gasteiger partial charge in [-0.3, -0.25) is 14.8 Å². The first-order valence-electron chi connectivity index (χ1n) is 7.44. The molecule has 29 heavy (non-hydrogen) atoms. The normalized spacial score (nSPS) is 11.9. The molecule has 2 aromatic carbocycles. The molecule has 0 spiro atoms. The molecule has 9 nitrogen and oxygen atoms in total. The Balaban J connectivity index is 1.90. The van der Waals surface area contributed by atoms with Crippen molar-refractivity contribution in [3.05, 3.63) is 68.8 Å². The third kappa shape index (κ3) is 4.51. The summed E-state index contributed by atoms with van der Waals surface area (Å²) in [5.74, 6) is 0. The highest BCUT2D eigenvalue weighted by Crippen LogP contribution is 2.32. The minimum atomic E-state index is -4.17. The molecule has 1 aromatic heterocycles. The Morgan fingerprint density at radius 1 is 1.03 bits per heavy atom. The Labute approximate surface area is 179 Å². The van der Waals surface area contributed by atoms with E-state index >= 15 is 0 Å². The largest absolute Gasteiger partial charge is 0.269 e. The van der Waals surface area contributed by atoms with Crippen molar-refractivity contribution in [3.63, 3.8) is 0 Å². The molecule has 0 amide bonds. The van der Waals surface area contributed by atoms with E-state index in [9.17, 15) is 26.9 Å². The maximum absolute atomic E-state index is 12.6. The van der Waals surface area contributed by atoms with Gasteiger partial charge in [0.1, 0.15) is 9.10 Å². The van der Waals surface area contributed by atoms with Crippen molar-refractivity contribution in [2.24, 2.45) is 0 Å². The van der Waals surface area contributed by atoms with Gasteiger partial charge in [0.2, 0.25) is 9.84 Å². The zero-order valence-corrected chi connectivity index (χ0v) is 17.9. The molecule has 0 fully saturated rings. The minimum absolute atomic E-state index is 0.0721. The lowest BCUT2D eigenvalue weighted by Crippen LogP contribution is -2.13. The molecule has 3 aromatic rings. The summed E-state index contributed by atoms with van der Waals surface area (Å²) in [6.45, 7) is 0. The monoisotopic (exact) mass is 493 g/mol. The molecule has 0 atom stereocenters. The SMILES string of the molecule is O=[N+]([O-])c1ccc(S(=O)(=O)c2cnc(NS(=O)(=O)c3cc(Cl)ccc3Cl)s2)cc1. The minimum Gasteiger partial charge on any atom is -0.258 e. The predicted molar refractivity (Wildman–Crippen MR) is 108 cm³/mol. The van der Waals surface area contributed by atoms with Crippen LogP contribution in [-0.4, -0.2) is 26.7 Å². The van der Waals surface area contributed by atoms with Crippen molar-refractivity contribution >= 4 is 65.2 Å². The molecule has 0 unspecified atom stereocenters. The average Bonchev–Trinajstić information content (AvgIpc) is 3.12. The smallest absolute Gasteiger partial charge is 0.258 e. The van der Waals surface area contributed by atoms with E-state index in [4.69, 9.17) is 23.2 Å². The number of anilines is 1. The third-order valence-electron chi connectivity index (χ3n) is 3.51. The summed E-state index contributed by atoms with van der Waals surface area (Å²) in [6.07, 6.45) is 0.985. The van der Waals surface area contributed by atoms with Crippen LogP contribution in [0.1, 0.15) is 0 Å². The number of nitro benzene ring substituents is 1. The van der Waals surface area contributed by atoms with Gasteiger partial charge in [-0.2, -0.15) is 0 Å². The first kappa shape index (κ1) is 21.5. The van der Waals surface area contributed by atoms with Crippen LogP contribution in [0.5, 0.6) is 0 Å². The van der Waals surface area contributed by atoms with Crippen LogP contribution in [-0.2, 0) is 19.9 Å². The average molecular weight is 494 g/mol. The molecule has 0 saturated heterocycles. The number of rotatable bonds is 6. The van der Waals surface area contributed by atoms with Crippen LogP contribution in [0.4, 0.5) is 10.8 Å². The van der Waals surface area contributed by atoms with Gasteiger partial charge in [-0.25, -0.2) is 21.8 Å². The van der Waals surface area contributed by atoms with E-state index in [0.29, 0.717) is 11.3 Å². The van der Waals surface area contributed by atoms with Gasteiger partial charge in [-0.1, -0.05) is 34.5 Å². The number of non-ortho nitro benzene ring substituents is 1. The zero-order valence-electron chi connectivity index (χ0n) is 13.9. The van der Waals surface area contributed by atoms with E-state index in [1.807, 2.05) is 0 Å². The fourth-order valence-electron chi connectivity index (χ4n) is 2.15. The zero-order chi connectivity index (χ0) is 21.4. The number of sulfonamides is 1. The fraction of sp³-hybridized carbons (Fsp3) is 0. The summed E-state index contributed by atoms with van der Waals surface area (Å²) < 4.78 is 52.2. The summed E-state index contributed by atoms with van der Waals surface area (Å²) in [6, 6.07) is 8.16. The number of hydrogen-bond donors (Lipinski definition) is 1. The predicted octanol–water partition coefficient (Wildman–Crippen LogP) is 3.99. The maximum Gasteiger partial charge on any atom is 0.269 e. The van der Waals surface area contributed by atoms with E-state index in [2.05, 4.69) is 9.71 Å².